The van der Waals surface area contributed by atoms with Crippen LogP contribution < -0.4 is 4.90 Å². The van der Waals surface area contributed by atoms with Gasteiger partial charge in [-0.25, -0.2) is 9.29 Å². The van der Waals surface area contributed by atoms with Crippen molar-refractivity contribution in [3.8, 4) is 0 Å². The van der Waals surface area contributed by atoms with Gasteiger partial charge in [0.15, 0.2) is 10.9 Å². The second-order valence-corrected chi connectivity index (χ2v) is 9.49. The van der Waals surface area contributed by atoms with Gasteiger partial charge in [-0.3, -0.25) is 9.48 Å². The lowest BCUT2D eigenvalue weighted by Gasteiger charge is -2.25. The van der Waals surface area contributed by atoms with Crippen LogP contribution in [0.1, 0.15) is 22.1 Å². The number of rotatable bonds is 4. The van der Waals surface area contributed by atoms with Crippen LogP contribution in [0.25, 0.3) is 0 Å². The van der Waals surface area contributed by atoms with E-state index in [9.17, 15) is 9.18 Å². The number of carbonyl (C=O) groups excluding carboxylic acids is 1. The molecule has 9 heteroatoms. The Labute approximate surface area is 193 Å². The zero-order valence-electron chi connectivity index (χ0n) is 16.5. The second-order valence-electron chi connectivity index (χ2n) is 7.60. The molecule has 0 unspecified atom stereocenters. The van der Waals surface area contributed by atoms with Crippen LogP contribution in [0.2, 0.25) is 5.02 Å². The summed E-state index contributed by atoms with van der Waals surface area (Å²) in [5, 5.41) is 5.26. The Morgan fingerprint density at radius 2 is 1.90 bits per heavy atom. The number of fused-ring (bicyclic) bond motifs is 1. The number of carbonyl (C=O) groups is 1. The number of anilines is 1. The Kier molecular flexibility index (Phi) is 5.24. The van der Waals surface area contributed by atoms with Crippen molar-refractivity contribution >= 4 is 52.4 Å². The van der Waals surface area contributed by atoms with E-state index in [1.807, 2.05) is 11.8 Å². The molecule has 2 fully saturated rings. The quantitative estimate of drug-likeness (QED) is 0.511. The fraction of sp³-hybridized carbons (Fsp3) is 0.227. The second kappa shape index (κ2) is 7.93. The third-order valence-electron chi connectivity index (χ3n) is 5.45. The summed E-state index contributed by atoms with van der Waals surface area (Å²) >= 11 is 13.9. The molecule has 0 aliphatic carbocycles. The van der Waals surface area contributed by atoms with Crippen LogP contribution in [0.3, 0.4) is 0 Å². The number of thiocarbonyl (C=S) groups is 1. The van der Waals surface area contributed by atoms with Gasteiger partial charge in [-0.15, -0.1) is 11.8 Å². The number of halogens is 2. The molecule has 2 aliphatic heterocycles. The van der Waals surface area contributed by atoms with Crippen molar-refractivity contribution in [3.63, 3.8) is 0 Å². The first-order valence-corrected chi connectivity index (χ1v) is 11.6. The molecule has 5 nitrogen and oxygen atoms in total. The Hall–Kier alpha value is -2.42. The van der Waals surface area contributed by atoms with Crippen LogP contribution in [0.15, 0.2) is 54.7 Å². The summed E-state index contributed by atoms with van der Waals surface area (Å²) in [7, 11) is 0. The molecule has 1 amide bonds. The normalized spacial score (nSPS) is 20.6. The molecule has 5 rings (SSSR count). The lowest BCUT2D eigenvalue weighted by Crippen LogP contribution is -2.34. The van der Waals surface area contributed by atoms with Gasteiger partial charge in [0.25, 0.3) is 5.91 Å². The highest BCUT2D eigenvalue weighted by Crippen LogP contribution is 2.46. The van der Waals surface area contributed by atoms with Crippen LogP contribution in [0.4, 0.5) is 10.2 Å². The van der Waals surface area contributed by atoms with Gasteiger partial charge in [-0.2, -0.15) is 5.10 Å². The number of aromatic nitrogens is 2. The van der Waals surface area contributed by atoms with Crippen molar-refractivity contribution in [1.29, 1.82) is 0 Å². The minimum Gasteiger partial charge on any atom is -0.319 e. The highest BCUT2D eigenvalue weighted by Gasteiger charge is 2.51. The largest absolute Gasteiger partial charge is 0.319 e. The van der Waals surface area contributed by atoms with Gasteiger partial charge in [0.05, 0.1) is 6.54 Å². The van der Waals surface area contributed by atoms with Crippen LogP contribution in [0, 0.1) is 12.7 Å². The van der Waals surface area contributed by atoms with E-state index in [1.54, 1.807) is 34.8 Å². The molecule has 158 valence electrons. The first-order valence-electron chi connectivity index (χ1n) is 9.74. The number of nitrogens with zero attached hydrogens (tertiary/aromatic N) is 4. The molecule has 0 bridgehead atoms. The Morgan fingerprint density at radius 3 is 2.61 bits per heavy atom. The molecule has 0 N–H and O–H groups in total. The Balaban J connectivity index is 1.42. The molecule has 0 radical (unpaired) electrons. The minimum absolute atomic E-state index is 0.0212. The standard InChI is InChI=1S/C22H18ClFN4OS2/c1-13-2-6-15(7-3-13)21-27-18(12-31-21)20(29)28(22(27)30)19-17(23)11-26(25-19)10-14-4-8-16(24)9-5-14/h2-9,11,18,21H,10,12H2,1H3/t18-,21-/m0/s1. The summed E-state index contributed by atoms with van der Waals surface area (Å²) in [6, 6.07) is 14.1. The molecular formula is C22H18ClFN4OS2. The number of aryl methyl sites for hydroxylation is 1. The lowest BCUT2D eigenvalue weighted by molar-refractivity contribution is -0.119. The van der Waals surface area contributed by atoms with E-state index in [4.69, 9.17) is 23.8 Å². The van der Waals surface area contributed by atoms with E-state index in [0.29, 0.717) is 28.3 Å². The number of amides is 1. The van der Waals surface area contributed by atoms with Crippen molar-refractivity contribution in [2.24, 2.45) is 0 Å². The summed E-state index contributed by atoms with van der Waals surface area (Å²) < 4.78 is 14.8. The minimum atomic E-state index is -0.331. The highest BCUT2D eigenvalue weighted by atomic mass is 35.5. The van der Waals surface area contributed by atoms with Gasteiger partial charge < -0.3 is 4.90 Å². The molecule has 2 aromatic carbocycles. The predicted octanol–water partition coefficient (Wildman–Crippen LogP) is 4.78. The third kappa shape index (κ3) is 3.62. The molecule has 3 aromatic rings. The fourth-order valence-electron chi connectivity index (χ4n) is 3.87. The van der Waals surface area contributed by atoms with E-state index in [1.165, 1.54) is 22.6 Å². The molecule has 0 spiro atoms. The Morgan fingerprint density at radius 1 is 1.19 bits per heavy atom. The van der Waals surface area contributed by atoms with E-state index < -0.39 is 0 Å². The van der Waals surface area contributed by atoms with Crippen molar-refractivity contribution < 1.29 is 9.18 Å². The zero-order chi connectivity index (χ0) is 21.7. The van der Waals surface area contributed by atoms with Crippen molar-refractivity contribution in [3.05, 3.63) is 82.3 Å². The maximum Gasteiger partial charge on any atom is 0.258 e. The molecule has 2 atom stereocenters. The molecule has 1 aromatic heterocycles. The smallest absolute Gasteiger partial charge is 0.258 e. The summed E-state index contributed by atoms with van der Waals surface area (Å²) in [5.74, 6) is 0.585. The van der Waals surface area contributed by atoms with Crippen molar-refractivity contribution in [1.82, 2.24) is 14.7 Å². The number of hydrogen-bond donors (Lipinski definition) is 0. The number of benzene rings is 2. The molecular weight excluding hydrogens is 455 g/mol. The van der Waals surface area contributed by atoms with Crippen LogP contribution in [-0.4, -0.2) is 37.5 Å². The monoisotopic (exact) mass is 472 g/mol. The highest BCUT2D eigenvalue weighted by molar-refractivity contribution is 7.99. The summed E-state index contributed by atoms with van der Waals surface area (Å²) in [6.45, 7) is 2.45. The average Bonchev–Trinajstić information content (AvgIpc) is 3.40. The van der Waals surface area contributed by atoms with Crippen LogP contribution >= 0.6 is 35.6 Å². The van der Waals surface area contributed by atoms with E-state index in [0.717, 1.165) is 11.1 Å². The molecule has 0 saturated carbocycles. The first kappa shape index (κ1) is 20.5. The Bertz CT molecular complexity index is 1170. The molecule has 2 saturated heterocycles. The van der Waals surface area contributed by atoms with Gasteiger partial charge >= 0.3 is 0 Å². The van der Waals surface area contributed by atoms with Crippen LogP contribution in [-0.2, 0) is 11.3 Å². The van der Waals surface area contributed by atoms with E-state index in [-0.39, 0.29) is 23.1 Å². The average molecular weight is 473 g/mol. The summed E-state index contributed by atoms with van der Waals surface area (Å²) in [5.41, 5.74) is 3.17. The number of hydrogen-bond acceptors (Lipinski definition) is 4. The topological polar surface area (TPSA) is 41.4 Å². The fourth-order valence-corrected chi connectivity index (χ4v) is 6.00. The van der Waals surface area contributed by atoms with E-state index in [2.05, 4.69) is 29.4 Å². The van der Waals surface area contributed by atoms with Gasteiger partial charge in [0.2, 0.25) is 0 Å². The predicted molar refractivity (Wildman–Crippen MR) is 125 cm³/mol. The maximum absolute atomic E-state index is 13.2. The van der Waals surface area contributed by atoms with Gasteiger partial charge in [0.1, 0.15) is 22.3 Å². The zero-order valence-corrected chi connectivity index (χ0v) is 18.9. The summed E-state index contributed by atoms with van der Waals surface area (Å²) in [4.78, 5) is 16.7. The SMILES string of the molecule is Cc1ccc([C@@H]2SC[C@H]3C(=O)N(c4nn(Cc5ccc(F)cc5)cc4Cl)C(=S)N32)cc1. The van der Waals surface area contributed by atoms with E-state index >= 15 is 0 Å². The number of thioether (sulfide) groups is 1. The van der Waals surface area contributed by atoms with Crippen LogP contribution in [0.5, 0.6) is 0 Å². The first-order chi connectivity index (χ1) is 14.9. The van der Waals surface area contributed by atoms with Gasteiger partial charge in [-0.1, -0.05) is 53.6 Å². The summed E-state index contributed by atoms with van der Waals surface area (Å²) in [6.07, 6.45) is 1.66. The third-order valence-corrected chi connectivity index (χ3v) is 7.43. The van der Waals surface area contributed by atoms with Gasteiger partial charge in [-0.05, 0) is 42.4 Å². The maximum atomic E-state index is 13.2. The van der Waals surface area contributed by atoms with Crippen molar-refractivity contribution in [2.45, 2.75) is 24.9 Å². The molecule has 3 heterocycles. The lowest BCUT2D eigenvalue weighted by atomic mass is 10.1. The molecule has 31 heavy (non-hydrogen) atoms. The van der Waals surface area contributed by atoms with Crippen molar-refractivity contribution in [2.75, 3.05) is 10.7 Å². The molecule has 2 aliphatic rings. The van der Waals surface area contributed by atoms with Gasteiger partial charge in [0, 0.05) is 11.9 Å².